The number of methoxy groups -OCH3 is 1. The van der Waals surface area contributed by atoms with Crippen LogP contribution in [-0.2, 0) is 9.53 Å². The maximum Gasteiger partial charge on any atom is 0.257 e. The maximum absolute atomic E-state index is 12.9. The zero-order valence-electron chi connectivity index (χ0n) is 16.3. The van der Waals surface area contributed by atoms with Gasteiger partial charge in [-0.2, -0.15) is 0 Å². The summed E-state index contributed by atoms with van der Waals surface area (Å²) in [6, 6.07) is 3.09. The van der Waals surface area contributed by atoms with Gasteiger partial charge in [0.2, 0.25) is 5.91 Å². The van der Waals surface area contributed by atoms with Crippen molar-refractivity contribution in [1.29, 1.82) is 0 Å². The minimum Gasteiger partial charge on any atom is -0.496 e. The van der Waals surface area contributed by atoms with E-state index >= 15 is 0 Å². The highest BCUT2D eigenvalue weighted by Gasteiger charge is 2.28. The van der Waals surface area contributed by atoms with Gasteiger partial charge in [0, 0.05) is 45.3 Å². The third-order valence-electron chi connectivity index (χ3n) is 4.93. The first-order valence-corrected chi connectivity index (χ1v) is 9.37. The Balaban J connectivity index is 0.00000210. The van der Waals surface area contributed by atoms with Crippen molar-refractivity contribution in [3.63, 3.8) is 0 Å². The van der Waals surface area contributed by atoms with Gasteiger partial charge in [0.1, 0.15) is 5.75 Å². The van der Waals surface area contributed by atoms with Crippen LogP contribution in [0, 0.1) is 0 Å². The molecule has 1 aromatic rings. The summed E-state index contributed by atoms with van der Waals surface area (Å²) in [5, 5.41) is 0.318. The lowest BCUT2D eigenvalue weighted by Gasteiger charge is -2.36. The summed E-state index contributed by atoms with van der Waals surface area (Å²) >= 11 is 6.07. The fourth-order valence-corrected chi connectivity index (χ4v) is 3.45. The normalized spacial score (nSPS) is 17.2. The van der Waals surface area contributed by atoms with Crippen LogP contribution in [0.2, 0.25) is 5.02 Å². The number of carbonyl (C=O) groups excluding carboxylic acids is 2. The molecule has 0 unspecified atom stereocenters. The van der Waals surface area contributed by atoms with E-state index in [0.717, 1.165) is 13.1 Å². The Kier molecular flexibility index (Phi) is 10.3. The van der Waals surface area contributed by atoms with Gasteiger partial charge in [-0.3, -0.25) is 14.5 Å². The Morgan fingerprint density at radius 2 is 1.66 bits per heavy atom. The summed E-state index contributed by atoms with van der Waals surface area (Å²) in [6.07, 6.45) is 0. The molecular weight excluding hydrogens is 443 g/mol. The van der Waals surface area contributed by atoms with E-state index in [4.69, 9.17) is 26.8 Å². The molecule has 2 heterocycles. The van der Waals surface area contributed by atoms with E-state index in [1.54, 1.807) is 11.0 Å². The van der Waals surface area contributed by atoms with Crippen molar-refractivity contribution in [3.05, 3.63) is 22.7 Å². The molecular formula is C18H27Cl3N4O4. The lowest BCUT2D eigenvalue weighted by molar-refractivity contribution is -0.134. The first kappa shape index (κ1) is 25.6. The van der Waals surface area contributed by atoms with Crippen LogP contribution in [0.15, 0.2) is 12.1 Å². The van der Waals surface area contributed by atoms with E-state index in [-0.39, 0.29) is 36.6 Å². The van der Waals surface area contributed by atoms with Crippen molar-refractivity contribution < 1.29 is 19.1 Å². The Hall–Kier alpha value is -1.45. The number of morpholine rings is 1. The highest BCUT2D eigenvalue weighted by atomic mass is 35.5. The van der Waals surface area contributed by atoms with Gasteiger partial charge < -0.3 is 25.0 Å². The number of anilines is 1. The van der Waals surface area contributed by atoms with Crippen LogP contribution < -0.4 is 10.5 Å². The third-order valence-corrected chi connectivity index (χ3v) is 5.26. The molecule has 0 bridgehead atoms. The zero-order valence-corrected chi connectivity index (χ0v) is 18.7. The van der Waals surface area contributed by atoms with Gasteiger partial charge >= 0.3 is 0 Å². The number of hydrogen-bond donors (Lipinski definition) is 1. The highest BCUT2D eigenvalue weighted by molar-refractivity contribution is 6.33. The molecule has 164 valence electrons. The fraction of sp³-hybridized carbons (Fsp3) is 0.556. The third kappa shape index (κ3) is 6.26. The summed E-state index contributed by atoms with van der Waals surface area (Å²) in [7, 11) is 1.49. The van der Waals surface area contributed by atoms with Crippen LogP contribution >= 0.6 is 36.4 Å². The smallest absolute Gasteiger partial charge is 0.257 e. The number of halogens is 3. The Morgan fingerprint density at radius 3 is 2.24 bits per heavy atom. The average molecular weight is 470 g/mol. The number of amides is 2. The molecule has 3 rings (SSSR count). The van der Waals surface area contributed by atoms with Gasteiger partial charge in [-0.1, -0.05) is 11.6 Å². The molecule has 2 amide bonds. The van der Waals surface area contributed by atoms with Crippen LogP contribution in [0.1, 0.15) is 10.4 Å². The first-order chi connectivity index (χ1) is 13.0. The zero-order chi connectivity index (χ0) is 19.4. The van der Waals surface area contributed by atoms with Crippen molar-refractivity contribution >= 4 is 53.9 Å². The molecule has 2 N–H and O–H groups in total. The van der Waals surface area contributed by atoms with Crippen LogP contribution in [0.5, 0.6) is 5.75 Å². The number of nitrogens with zero attached hydrogens (tertiary/aromatic N) is 3. The molecule has 0 atom stereocenters. The number of carbonyl (C=O) groups is 2. The van der Waals surface area contributed by atoms with Crippen LogP contribution in [0.25, 0.3) is 0 Å². The van der Waals surface area contributed by atoms with Crippen molar-refractivity contribution in [1.82, 2.24) is 14.7 Å². The number of rotatable bonds is 4. The van der Waals surface area contributed by atoms with Gasteiger partial charge in [0.25, 0.3) is 5.91 Å². The van der Waals surface area contributed by atoms with Gasteiger partial charge in [0.05, 0.1) is 43.1 Å². The summed E-state index contributed by atoms with van der Waals surface area (Å²) in [5.74, 6) is 0.318. The predicted molar refractivity (Wildman–Crippen MR) is 117 cm³/mol. The molecule has 0 saturated carbocycles. The summed E-state index contributed by atoms with van der Waals surface area (Å²) in [4.78, 5) is 31.0. The lowest BCUT2D eigenvalue weighted by atomic mass is 10.1. The molecule has 0 radical (unpaired) electrons. The predicted octanol–water partition coefficient (Wildman–Crippen LogP) is 1.39. The molecule has 2 fully saturated rings. The van der Waals surface area contributed by atoms with Gasteiger partial charge in [-0.05, 0) is 6.07 Å². The number of hydrogen-bond acceptors (Lipinski definition) is 6. The van der Waals surface area contributed by atoms with Crippen LogP contribution in [0.4, 0.5) is 5.69 Å². The number of nitrogen functional groups attached to an aromatic ring is 1. The number of benzene rings is 1. The quantitative estimate of drug-likeness (QED) is 0.671. The largest absolute Gasteiger partial charge is 0.496 e. The van der Waals surface area contributed by atoms with Crippen LogP contribution in [-0.4, -0.2) is 92.7 Å². The molecule has 8 nitrogen and oxygen atoms in total. The monoisotopic (exact) mass is 468 g/mol. The van der Waals surface area contributed by atoms with E-state index in [1.165, 1.54) is 13.2 Å². The average Bonchev–Trinajstić information content (AvgIpc) is 2.70. The number of piperazine rings is 1. The van der Waals surface area contributed by atoms with Gasteiger partial charge in [-0.25, -0.2) is 0 Å². The van der Waals surface area contributed by atoms with Crippen molar-refractivity contribution in [2.75, 3.05) is 71.9 Å². The standard InChI is InChI=1S/C18H25ClN4O4.2ClH/c1-26-16-11-15(20)14(19)10-13(16)18(25)23-4-2-22(3-5-23)17(24)12-21-6-8-27-9-7-21;;/h10-11H,2-9,12,20H2,1H3;2*1H. The molecule has 29 heavy (non-hydrogen) atoms. The van der Waals surface area contributed by atoms with Crippen LogP contribution in [0.3, 0.4) is 0 Å². The van der Waals surface area contributed by atoms with Gasteiger partial charge in [0.15, 0.2) is 0 Å². The SMILES string of the molecule is COc1cc(N)c(Cl)cc1C(=O)N1CCN(C(=O)CN2CCOCC2)CC1.Cl.Cl. The number of nitrogens with two attached hydrogens (primary N) is 1. The Labute approximate surface area is 188 Å². The van der Waals surface area contributed by atoms with E-state index in [2.05, 4.69) is 4.90 Å². The van der Waals surface area contributed by atoms with Crippen molar-refractivity contribution in [3.8, 4) is 5.75 Å². The second kappa shape index (κ2) is 11.7. The van der Waals surface area contributed by atoms with Crippen molar-refractivity contribution in [2.45, 2.75) is 0 Å². The topological polar surface area (TPSA) is 88.3 Å². The lowest BCUT2D eigenvalue weighted by Crippen LogP contribution is -2.53. The molecule has 0 aromatic heterocycles. The van der Waals surface area contributed by atoms with E-state index < -0.39 is 0 Å². The molecule has 2 saturated heterocycles. The summed E-state index contributed by atoms with van der Waals surface area (Å²) < 4.78 is 10.6. The second-order valence-electron chi connectivity index (χ2n) is 6.64. The molecule has 11 heteroatoms. The van der Waals surface area contributed by atoms with Crippen molar-refractivity contribution in [2.24, 2.45) is 0 Å². The minimum absolute atomic E-state index is 0. The maximum atomic E-state index is 12.9. The highest BCUT2D eigenvalue weighted by Crippen LogP contribution is 2.30. The Bertz CT molecular complexity index is 709. The molecule has 0 aliphatic carbocycles. The molecule has 2 aliphatic heterocycles. The second-order valence-corrected chi connectivity index (χ2v) is 7.04. The van der Waals surface area contributed by atoms with E-state index in [0.29, 0.717) is 68.0 Å². The number of ether oxygens (including phenoxy) is 2. The first-order valence-electron chi connectivity index (χ1n) is 8.99. The molecule has 0 spiro atoms. The van der Waals surface area contributed by atoms with E-state index in [9.17, 15) is 9.59 Å². The van der Waals surface area contributed by atoms with E-state index in [1.807, 2.05) is 4.90 Å². The Morgan fingerprint density at radius 1 is 1.07 bits per heavy atom. The molecule has 2 aliphatic rings. The summed E-state index contributed by atoms with van der Waals surface area (Å²) in [5.41, 5.74) is 6.52. The van der Waals surface area contributed by atoms with Gasteiger partial charge in [-0.15, -0.1) is 24.8 Å². The summed E-state index contributed by atoms with van der Waals surface area (Å²) in [6.45, 7) is 5.27. The molecule has 1 aromatic carbocycles. The fourth-order valence-electron chi connectivity index (χ4n) is 3.28. The minimum atomic E-state index is -0.172.